The van der Waals surface area contributed by atoms with E-state index in [2.05, 4.69) is 4.98 Å². The van der Waals surface area contributed by atoms with E-state index in [0.717, 1.165) is 6.07 Å². The number of β-amino-alcohol motifs (C(OH)–C–C–N with tert-alkyl or cyclic N) is 1. The molecule has 0 spiro atoms. The summed E-state index contributed by atoms with van der Waals surface area (Å²) in [5.41, 5.74) is -0.985. The molecule has 0 radical (unpaired) electrons. The highest BCUT2D eigenvalue weighted by Crippen LogP contribution is 2.36. The van der Waals surface area contributed by atoms with Gasteiger partial charge in [-0.2, -0.15) is 13.2 Å². The number of fused-ring (bicyclic) bond motifs is 1. The van der Waals surface area contributed by atoms with E-state index in [-0.39, 0.29) is 35.5 Å². The Bertz CT molecular complexity index is 1140. The molecule has 144 valence electrons. The third kappa shape index (κ3) is 3.16. The second-order valence-corrected chi connectivity index (χ2v) is 6.69. The van der Waals surface area contributed by atoms with Crippen molar-refractivity contribution in [1.29, 1.82) is 0 Å². The number of aromatic amines is 1. The summed E-state index contributed by atoms with van der Waals surface area (Å²) in [6.45, 7) is 0.138. The molecule has 0 aliphatic carbocycles. The van der Waals surface area contributed by atoms with Crippen LogP contribution in [0.15, 0.2) is 53.3 Å². The Morgan fingerprint density at radius 1 is 1.07 bits per heavy atom. The van der Waals surface area contributed by atoms with Crippen molar-refractivity contribution >= 4 is 22.4 Å². The number of nitrogens with zero attached hydrogens (tertiary/aromatic N) is 1. The van der Waals surface area contributed by atoms with Crippen molar-refractivity contribution in [2.75, 3.05) is 11.4 Å². The average Bonchev–Trinajstić information content (AvgIpc) is 2.99. The molecule has 1 aliphatic heterocycles. The topological polar surface area (TPSA) is 73.4 Å². The number of alkyl halides is 3. The summed E-state index contributed by atoms with van der Waals surface area (Å²) >= 11 is 0. The maximum atomic E-state index is 13.3. The van der Waals surface area contributed by atoms with Gasteiger partial charge < -0.3 is 15.0 Å². The molecule has 1 aromatic heterocycles. The molecular weight excluding hydrogens is 373 g/mol. The van der Waals surface area contributed by atoms with Crippen molar-refractivity contribution in [2.45, 2.75) is 18.7 Å². The average molecular weight is 388 g/mol. The number of aromatic nitrogens is 1. The minimum atomic E-state index is -4.55. The van der Waals surface area contributed by atoms with E-state index in [1.165, 1.54) is 35.2 Å². The molecule has 0 bridgehead atoms. The fourth-order valence-electron chi connectivity index (χ4n) is 3.46. The summed E-state index contributed by atoms with van der Waals surface area (Å²) in [5, 5.41) is 10.3. The van der Waals surface area contributed by atoms with Gasteiger partial charge in [0.1, 0.15) is 0 Å². The molecule has 1 fully saturated rings. The SMILES string of the molecule is O=C1C[C@H](O)CN1c1ccc2cc(-c3ccccc3C(F)(F)F)[nH]c(=O)c2c1. The van der Waals surface area contributed by atoms with E-state index in [1.807, 2.05) is 0 Å². The van der Waals surface area contributed by atoms with Crippen molar-refractivity contribution < 1.29 is 23.1 Å². The highest BCUT2D eigenvalue weighted by atomic mass is 19.4. The van der Waals surface area contributed by atoms with Crippen molar-refractivity contribution in [3.63, 3.8) is 0 Å². The number of carbonyl (C=O) groups excluding carboxylic acids is 1. The number of halogens is 3. The minimum Gasteiger partial charge on any atom is -0.391 e. The molecule has 3 aromatic rings. The number of hydrogen-bond donors (Lipinski definition) is 2. The lowest BCUT2D eigenvalue weighted by molar-refractivity contribution is -0.137. The van der Waals surface area contributed by atoms with E-state index in [1.54, 1.807) is 12.1 Å². The van der Waals surface area contributed by atoms with Crippen LogP contribution in [0.5, 0.6) is 0 Å². The van der Waals surface area contributed by atoms with Gasteiger partial charge >= 0.3 is 6.18 Å². The zero-order chi connectivity index (χ0) is 20.1. The van der Waals surface area contributed by atoms with Gasteiger partial charge in [0.15, 0.2) is 0 Å². The van der Waals surface area contributed by atoms with Gasteiger partial charge in [-0.3, -0.25) is 9.59 Å². The van der Waals surface area contributed by atoms with Crippen molar-refractivity contribution in [3.05, 3.63) is 64.4 Å². The predicted octanol–water partition coefficient (Wildman–Crippen LogP) is 3.31. The molecular formula is C20H15F3N2O3. The molecule has 0 saturated carbocycles. The zero-order valence-electron chi connectivity index (χ0n) is 14.5. The summed E-state index contributed by atoms with van der Waals surface area (Å²) in [6, 6.07) is 11.2. The van der Waals surface area contributed by atoms with Crippen LogP contribution in [0.3, 0.4) is 0 Å². The van der Waals surface area contributed by atoms with Crippen LogP contribution in [0.1, 0.15) is 12.0 Å². The number of hydrogen-bond acceptors (Lipinski definition) is 3. The van der Waals surface area contributed by atoms with Crippen LogP contribution in [-0.4, -0.2) is 28.6 Å². The van der Waals surface area contributed by atoms with Crippen molar-refractivity contribution in [3.8, 4) is 11.3 Å². The second-order valence-electron chi connectivity index (χ2n) is 6.69. The first-order valence-electron chi connectivity index (χ1n) is 8.56. The third-order valence-corrected chi connectivity index (χ3v) is 4.77. The molecule has 28 heavy (non-hydrogen) atoms. The minimum absolute atomic E-state index is 0.0154. The molecule has 5 nitrogen and oxygen atoms in total. The Morgan fingerprint density at radius 3 is 2.50 bits per heavy atom. The van der Waals surface area contributed by atoms with Gasteiger partial charge in [0.05, 0.1) is 24.6 Å². The zero-order valence-corrected chi connectivity index (χ0v) is 14.5. The van der Waals surface area contributed by atoms with Gasteiger partial charge in [0.25, 0.3) is 5.56 Å². The predicted molar refractivity (Wildman–Crippen MR) is 98.0 cm³/mol. The summed E-state index contributed by atoms with van der Waals surface area (Å²) in [6.07, 6.45) is -5.30. The number of anilines is 1. The first-order valence-corrected chi connectivity index (χ1v) is 8.56. The first kappa shape index (κ1) is 18.2. The summed E-state index contributed by atoms with van der Waals surface area (Å²) in [5.74, 6) is -0.251. The van der Waals surface area contributed by atoms with Crippen LogP contribution >= 0.6 is 0 Å². The van der Waals surface area contributed by atoms with Gasteiger partial charge in [-0.1, -0.05) is 24.3 Å². The lowest BCUT2D eigenvalue weighted by atomic mass is 10.0. The van der Waals surface area contributed by atoms with Crippen LogP contribution in [0.25, 0.3) is 22.0 Å². The number of amides is 1. The van der Waals surface area contributed by atoms with Crippen LogP contribution < -0.4 is 10.5 Å². The molecule has 1 amide bonds. The smallest absolute Gasteiger partial charge is 0.391 e. The van der Waals surface area contributed by atoms with Crippen LogP contribution in [0.2, 0.25) is 0 Å². The van der Waals surface area contributed by atoms with Gasteiger partial charge in [0.2, 0.25) is 5.91 Å². The first-order chi connectivity index (χ1) is 13.2. The quantitative estimate of drug-likeness (QED) is 0.708. The van der Waals surface area contributed by atoms with Crippen LogP contribution in [0.4, 0.5) is 18.9 Å². The lowest BCUT2D eigenvalue weighted by Gasteiger charge is -2.17. The third-order valence-electron chi connectivity index (χ3n) is 4.77. The Morgan fingerprint density at radius 2 is 1.82 bits per heavy atom. The van der Waals surface area contributed by atoms with Gasteiger partial charge in [0, 0.05) is 22.3 Å². The molecule has 1 aliphatic rings. The Labute approximate surface area is 157 Å². The molecule has 2 heterocycles. The molecule has 2 N–H and O–H groups in total. The van der Waals surface area contributed by atoms with Gasteiger partial charge in [-0.15, -0.1) is 0 Å². The van der Waals surface area contributed by atoms with E-state index in [0.29, 0.717) is 11.1 Å². The van der Waals surface area contributed by atoms with E-state index >= 15 is 0 Å². The molecule has 8 heteroatoms. The molecule has 2 aromatic carbocycles. The fourth-order valence-corrected chi connectivity index (χ4v) is 3.46. The monoisotopic (exact) mass is 388 g/mol. The summed E-state index contributed by atoms with van der Waals surface area (Å²) in [4.78, 5) is 28.4. The second kappa shape index (κ2) is 6.49. The van der Waals surface area contributed by atoms with E-state index < -0.39 is 23.4 Å². The summed E-state index contributed by atoms with van der Waals surface area (Å²) < 4.78 is 39.9. The molecule has 4 rings (SSSR count). The highest BCUT2D eigenvalue weighted by molar-refractivity contribution is 5.98. The van der Waals surface area contributed by atoms with Gasteiger partial charge in [-0.25, -0.2) is 0 Å². The number of H-pyrrole nitrogens is 1. The van der Waals surface area contributed by atoms with E-state index in [4.69, 9.17) is 0 Å². The standard InChI is InChI=1S/C20H15F3N2O3/c21-20(22,23)16-4-2-1-3-14(16)17-7-11-5-6-12(8-15(11)19(28)24-17)25-10-13(26)9-18(25)27/h1-8,13,26H,9-10H2,(H,24,28)/t13-/m0/s1. The van der Waals surface area contributed by atoms with Crippen LogP contribution in [-0.2, 0) is 11.0 Å². The lowest BCUT2D eigenvalue weighted by Crippen LogP contribution is -2.25. The Balaban J connectivity index is 1.82. The molecule has 0 unspecified atom stereocenters. The Kier molecular flexibility index (Phi) is 4.23. The molecule has 1 saturated heterocycles. The van der Waals surface area contributed by atoms with E-state index in [9.17, 15) is 27.9 Å². The fraction of sp³-hybridized carbons (Fsp3) is 0.200. The Hall–Kier alpha value is -3.13. The molecule has 1 atom stereocenters. The number of nitrogens with one attached hydrogen (secondary N) is 1. The number of aliphatic hydroxyl groups is 1. The number of aliphatic hydroxyl groups excluding tert-OH is 1. The number of pyridine rings is 1. The highest BCUT2D eigenvalue weighted by Gasteiger charge is 2.33. The maximum absolute atomic E-state index is 13.3. The summed E-state index contributed by atoms with van der Waals surface area (Å²) in [7, 11) is 0. The number of rotatable bonds is 2. The van der Waals surface area contributed by atoms with Gasteiger partial charge in [-0.05, 0) is 29.7 Å². The van der Waals surface area contributed by atoms with Crippen molar-refractivity contribution in [2.24, 2.45) is 0 Å². The maximum Gasteiger partial charge on any atom is 0.417 e. The number of carbonyl (C=O) groups is 1. The van der Waals surface area contributed by atoms with Crippen LogP contribution in [0, 0.1) is 0 Å². The normalized spacial score (nSPS) is 17.5. The largest absolute Gasteiger partial charge is 0.417 e. The van der Waals surface area contributed by atoms with Crippen molar-refractivity contribution in [1.82, 2.24) is 4.98 Å². The number of benzene rings is 2.